The minimum absolute atomic E-state index is 0.148. The molecule has 4 rings (SSSR count). The van der Waals surface area contributed by atoms with Crippen LogP contribution >= 0.6 is 0 Å². The van der Waals surface area contributed by atoms with Crippen molar-refractivity contribution >= 4 is 21.5 Å². The van der Waals surface area contributed by atoms with Gasteiger partial charge in [0.15, 0.2) is 0 Å². The van der Waals surface area contributed by atoms with Crippen LogP contribution in [0.1, 0.15) is 12.5 Å². The summed E-state index contributed by atoms with van der Waals surface area (Å²) in [4.78, 5) is 0. The maximum absolute atomic E-state index is 8.16. The zero-order valence-corrected chi connectivity index (χ0v) is 8.20. The molecule has 0 heteroatoms. The Bertz CT molecular complexity index is 704. The van der Waals surface area contributed by atoms with Crippen molar-refractivity contribution in [2.45, 2.75) is 6.40 Å². The fraction of sp³-hybridized carbons (Fsp3) is 0.0667. The first kappa shape index (κ1) is 6.62. The first-order valence-corrected chi connectivity index (χ1v) is 5.23. The molecule has 3 aromatic rings. The van der Waals surface area contributed by atoms with Crippen LogP contribution in [0.25, 0.3) is 21.5 Å². The Morgan fingerprint density at radius 2 is 1.80 bits per heavy atom. The molecule has 3 aromatic carbocycles. The smallest absolute Gasteiger partial charge is 0.0366 e. The van der Waals surface area contributed by atoms with E-state index < -0.39 is 0 Å². The average Bonchev–Trinajstić information content (AvgIpc) is 2.34. The maximum Gasteiger partial charge on any atom is 0.0366 e. The monoisotopic (exact) mass is 191 g/mol. The summed E-state index contributed by atoms with van der Waals surface area (Å²) < 4.78 is 8.16. The molecule has 0 aromatic heterocycles. The maximum atomic E-state index is 8.16. The van der Waals surface area contributed by atoms with E-state index >= 15 is 0 Å². The van der Waals surface area contributed by atoms with Crippen molar-refractivity contribution in [1.29, 1.82) is 0 Å². The highest BCUT2D eigenvalue weighted by Gasteiger charge is 2.18. The molecule has 0 N–H and O–H groups in total. The highest BCUT2D eigenvalue weighted by molar-refractivity contribution is 6.07. The normalized spacial score (nSPS) is 18.9. The van der Waals surface area contributed by atoms with Gasteiger partial charge in [-0.1, -0.05) is 42.5 Å². The van der Waals surface area contributed by atoms with Gasteiger partial charge in [-0.3, -0.25) is 0 Å². The van der Waals surface area contributed by atoms with Gasteiger partial charge in [0.2, 0.25) is 0 Å². The summed E-state index contributed by atoms with van der Waals surface area (Å²) in [6, 6.07) is 16.9. The lowest BCUT2D eigenvalue weighted by Gasteiger charge is -2.22. The molecule has 0 radical (unpaired) electrons. The van der Waals surface area contributed by atoms with E-state index in [9.17, 15) is 0 Å². The molecule has 1 aliphatic rings. The van der Waals surface area contributed by atoms with Crippen LogP contribution in [0, 0.1) is 0 Å². The van der Waals surface area contributed by atoms with E-state index in [4.69, 9.17) is 1.37 Å². The van der Waals surface area contributed by atoms with E-state index in [2.05, 4.69) is 48.5 Å². The lowest BCUT2D eigenvalue weighted by Crippen LogP contribution is -2.03. The second kappa shape index (κ2) is 2.40. The third-order valence-electron chi connectivity index (χ3n) is 3.26. The fourth-order valence-electron chi connectivity index (χ4n) is 2.54. The highest BCUT2D eigenvalue weighted by atomic mass is 14.2. The minimum atomic E-state index is -0.148. The van der Waals surface area contributed by atoms with Crippen LogP contribution in [0.4, 0.5) is 0 Å². The molecule has 0 fully saturated rings. The lowest BCUT2D eigenvalue weighted by atomic mass is 9.81. The van der Waals surface area contributed by atoms with E-state index in [1.165, 1.54) is 32.7 Å². The van der Waals surface area contributed by atoms with Crippen molar-refractivity contribution in [2.75, 3.05) is 0 Å². The van der Waals surface area contributed by atoms with Gasteiger partial charge in [-0.2, -0.15) is 0 Å². The summed E-state index contributed by atoms with van der Waals surface area (Å²) in [6.45, 7) is 0. The summed E-state index contributed by atoms with van der Waals surface area (Å²) in [7, 11) is 0. The standard InChI is InChI=1S/C15H10/c1-2-7-13-10(4-1)8-11-5-3-6-12-9-14(13)15(11)12/h1-8H,9H2/i9D. The van der Waals surface area contributed by atoms with Crippen molar-refractivity contribution < 1.29 is 1.37 Å². The molecular formula is C15H10. The molecule has 0 spiro atoms. The summed E-state index contributed by atoms with van der Waals surface area (Å²) >= 11 is 0. The molecule has 0 bridgehead atoms. The van der Waals surface area contributed by atoms with Crippen LogP contribution in [-0.2, 0) is 6.40 Å². The van der Waals surface area contributed by atoms with Crippen molar-refractivity contribution in [3.8, 4) is 0 Å². The summed E-state index contributed by atoms with van der Waals surface area (Å²) in [6.07, 6.45) is -0.148. The topological polar surface area (TPSA) is 0 Å². The molecule has 0 saturated carbocycles. The van der Waals surface area contributed by atoms with E-state index in [0.717, 1.165) is 0 Å². The van der Waals surface area contributed by atoms with Gasteiger partial charge in [-0.25, -0.2) is 0 Å². The molecule has 1 atom stereocenters. The SMILES string of the molecule is [2H]C1c2cccc3cc4ccccc4c1c23. The van der Waals surface area contributed by atoms with Gasteiger partial charge in [-0.15, -0.1) is 0 Å². The molecule has 0 aliphatic heterocycles. The largest absolute Gasteiger partial charge is 0.0616 e. The van der Waals surface area contributed by atoms with Gasteiger partial charge in [0.25, 0.3) is 0 Å². The zero-order valence-electron chi connectivity index (χ0n) is 9.20. The predicted octanol–water partition coefficient (Wildman–Crippen LogP) is 3.90. The van der Waals surface area contributed by atoms with Gasteiger partial charge < -0.3 is 0 Å². The molecule has 1 aliphatic carbocycles. The van der Waals surface area contributed by atoms with E-state index in [-0.39, 0.29) is 6.40 Å². The van der Waals surface area contributed by atoms with Crippen molar-refractivity contribution in [3.05, 3.63) is 59.7 Å². The second-order valence-electron chi connectivity index (χ2n) is 4.10. The second-order valence-corrected chi connectivity index (χ2v) is 4.10. The third kappa shape index (κ3) is 0.822. The minimum Gasteiger partial charge on any atom is -0.0616 e. The molecule has 0 heterocycles. The third-order valence-corrected chi connectivity index (χ3v) is 3.26. The van der Waals surface area contributed by atoms with Crippen molar-refractivity contribution in [2.24, 2.45) is 0 Å². The Morgan fingerprint density at radius 3 is 2.80 bits per heavy atom. The van der Waals surface area contributed by atoms with Crippen molar-refractivity contribution in [1.82, 2.24) is 0 Å². The Kier molecular flexibility index (Phi) is 1.06. The van der Waals surface area contributed by atoms with Crippen LogP contribution in [0.2, 0.25) is 0 Å². The van der Waals surface area contributed by atoms with E-state index in [1.54, 1.807) is 0 Å². The molecule has 15 heavy (non-hydrogen) atoms. The van der Waals surface area contributed by atoms with Crippen LogP contribution in [0.15, 0.2) is 48.5 Å². The summed E-state index contributed by atoms with van der Waals surface area (Å²) in [5.74, 6) is 0. The predicted molar refractivity (Wildman–Crippen MR) is 64.3 cm³/mol. The molecular weight excluding hydrogens is 180 g/mol. The quantitative estimate of drug-likeness (QED) is 0.473. The number of rotatable bonds is 0. The Hall–Kier alpha value is -1.82. The lowest BCUT2D eigenvalue weighted by molar-refractivity contribution is 1.18. The Balaban J connectivity index is 2.32. The Morgan fingerprint density at radius 1 is 0.933 bits per heavy atom. The van der Waals surface area contributed by atoms with E-state index in [1.807, 2.05) is 0 Å². The molecule has 1 unspecified atom stereocenters. The van der Waals surface area contributed by atoms with Gasteiger partial charge in [0, 0.05) is 1.37 Å². The van der Waals surface area contributed by atoms with Crippen molar-refractivity contribution in [3.63, 3.8) is 0 Å². The molecule has 70 valence electrons. The average molecular weight is 191 g/mol. The summed E-state index contributed by atoms with van der Waals surface area (Å²) in [5, 5.41) is 5.07. The van der Waals surface area contributed by atoms with Gasteiger partial charge >= 0.3 is 0 Å². The number of hydrogen-bond donors (Lipinski definition) is 0. The van der Waals surface area contributed by atoms with Crippen LogP contribution in [-0.4, -0.2) is 0 Å². The van der Waals surface area contributed by atoms with Gasteiger partial charge in [-0.05, 0) is 45.1 Å². The first-order chi connectivity index (χ1) is 7.86. The van der Waals surface area contributed by atoms with Gasteiger partial charge in [0.05, 0.1) is 0 Å². The van der Waals surface area contributed by atoms with Crippen LogP contribution in [0.5, 0.6) is 0 Å². The zero-order chi connectivity index (χ0) is 10.7. The number of hydrogen-bond acceptors (Lipinski definition) is 0. The molecule has 0 saturated heterocycles. The van der Waals surface area contributed by atoms with Crippen LogP contribution in [0.3, 0.4) is 0 Å². The van der Waals surface area contributed by atoms with Crippen LogP contribution < -0.4 is 0 Å². The first-order valence-electron chi connectivity index (χ1n) is 5.80. The number of benzene rings is 3. The van der Waals surface area contributed by atoms with E-state index in [0.29, 0.717) is 0 Å². The highest BCUT2D eigenvalue weighted by Crippen LogP contribution is 2.39. The molecule has 0 amide bonds. The summed E-state index contributed by atoms with van der Waals surface area (Å²) in [5.41, 5.74) is 2.39. The Labute approximate surface area is 89.6 Å². The molecule has 0 nitrogen and oxygen atoms in total. The van der Waals surface area contributed by atoms with Gasteiger partial charge in [0.1, 0.15) is 0 Å². The fourth-order valence-corrected chi connectivity index (χ4v) is 2.54. The number of fused-ring (bicyclic) bond motifs is 2.